The number of ether oxygens (including phenoxy) is 2. The van der Waals surface area contributed by atoms with Gasteiger partial charge in [-0.2, -0.15) is 0 Å². The molecule has 140 valence electrons. The quantitative estimate of drug-likeness (QED) is 0.327. The van der Waals surface area contributed by atoms with Crippen LogP contribution in [-0.4, -0.2) is 29.3 Å². The van der Waals surface area contributed by atoms with E-state index in [2.05, 4.69) is 10.1 Å². The standard InChI is InChI=1S/C20H20N2O4S/c1-14-5-3-6-17(11-14)24-9-10-25-20(23)18-7-4-8-21-19(18)27-13-16-12-15(2)26-22-16/h3-8,11-12H,9-10,13H2,1-2H3. The van der Waals surface area contributed by atoms with Crippen molar-refractivity contribution in [3.63, 3.8) is 0 Å². The summed E-state index contributed by atoms with van der Waals surface area (Å²) < 4.78 is 16.0. The fraction of sp³-hybridized carbons (Fsp3) is 0.250. The zero-order chi connectivity index (χ0) is 19.1. The van der Waals surface area contributed by atoms with Crippen LogP contribution >= 0.6 is 11.8 Å². The molecule has 0 fully saturated rings. The van der Waals surface area contributed by atoms with Crippen molar-refractivity contribution in [3.8, 4) is 5.75 Å². The van der Waals surface area contributed by atoms with Crippen LogP contribution < -0.4 is 4.74 Å². The third kappa shape index (κ3) is 5.59. The predicted octanol–water partition coefficient (Wildman–Crippen LogP) is 4.21. The Bertz CT molecular complexity index is 910. The number of aromatic nitrogens is 2. The Labute approximate surface area is 161 Å². The zero-order valence-electron chi connectivity index (χ0n) is 15.2. The molecule has 3 aromatic rings. The monoisotopic (exact) mass is 384 g/mol. The van der Waals surface area contributed by atoms with Gasteiger partial charge >= 0.3 is 5.97 Å². The number of pyridine rings is 1. The summed E-state index contributed by atoms with van der Waals surface area (Å²) in [6.45, 7) is 4.28. The number of hydrogen-bond acceptors (Lipinski definition) is 7. The third-order valence-electron chi connectivity index (χ3n) is 3.60. The van der Waals surface area contributed by atoms with Crippen LogP contribution in [0.1, 0.15) is 27.4 Å². The molecule has 0 amide bonds. The van der Waals surface area contributed by atoms with Gasteiger partial charge in [0.1, 0.15) is 29.7 Å². The van der Waals surface area contributed by atoms with Crippen LogP contribution in [0.4, 0.5) is 0 Å². The molecule has 1 aromatic carbocycles. The van der Waals surface area contributed by atoms with Crippen LogP contribution in [0, 0.1) is 13.8 Å². The van der Waals surface area contributed by atoms with Gasteiger partial charge in [0.15, 0.2) is 0 Å². The maximum Gasteiger partial charge on any atom is 0.341 e. The SMILES string of the molecule is Cc1cccc(OCCOC(=O)c2cccnc2SCc2cc(C)on2)c1. The molecule has 0 saturated heterocycles. The van der Waals surface area contributed by atoms with Crippen molar-refractivity contribution in [1.29, 1.82) is 0 Å². The molecule has 0 radical (unpaired) electrons. The smallest absolute Gasteiger partial charge is 0.341 e. The number of aryl methyl sites for hydroxylation is 2. The van der Waals surface area contributed by atoms with E-state index in [4.69, 9.17) is 14.0 Å². The molecule has 6 nitrogen and oxygen atoms in total. The average molecular weight is 384 g/mol. The molecule has 0 aliphatic carbocycles. The Morgan fingerprint density at radius 2 is 2.04 bits per heavy atom. The minimum atomic E-state index is -0.422. The van der Waals surface area contributed by atoms with Gasteiger partial charge in [-0.1, -0.05) is 29.1 Å². The fourth-order valence-electron chi connectivity index (χ4n) is 2.37. The van der Waals surface area contributed by atoms with Crippen molar-refractivity contribution in [2.45, 2.75) is 24.6 Å². The van der Waals surface area contributed by atoms with Gasteiger partial charge in [-0.15, -0.1) is 0 Å². The van der Waals surface area contributed by atoms with Crippen molar-refractivity contribution < 1.29 is 18.8 Å². The summed E-state index contributed by atoms with van der Waals surface area (Å²) >= 11 is 1.41. The van der Waals surface area contributed by atoms with E-state index in [-0.39, 0.29) is 13.2 Å². The van der Waals surface area contributed by atoms with Gasteiger partial charge < -0.3 is 14.0 Å². The van der Waals surface area contributed by atoms with Gasteiger partial charge in [-0.25, -0.2) is 9.78 Å². The van der Waals surface area contributed by atoms with Crippen LogP contribution in [-0.2, 0) is 10.5 Å². The highest BCUT2D eigenvalue weighted by Gasteiger charge is 2.15. The van der Waals surface area contributed by atoms with Gasteiger partial charge in [0, 0.05) is 18.0 Å². The first-order chi connectivity index (χ1) is 13.1. The Hall–Kier alpha value is -2.80. The molecule has 3 rings (SSSR count). The second-order valence-electron chi connectivity index (χ2n) is 5.87. The van der Waals surface area contributed by atoms with Crippen LogP contribution in [0.3, 0.4) is 0 Å². The lowest BCUT2D eigenvalue weighted by Crippen LogP contribution is -2.13. The molecule has 27 heavy (non-hydrogen) atoms. The molecule has 0 spiro atoms. The summed E-state index contributed by atoms with van der Waals surface area (Å²) in [4.78, 5) is 16.7. The number of hydrogen-bond donors (Lipinski definition) is 0. The number of carbonyl (C=O) groups is 1. The summed E-state index contributed by atoms with van der Waals surface area (Å²) in [6, 6.07) is 13.0. The second kappa shape index (κ2) is 9.23. The number of nitrogens with zero attached hydrogens (tertiary/aromatic N) is 2. The molecule has 0 unspecified atom stereocenters. The molecular formula is C20H20N2O4S. The Morgan fingerprint density at radius 1 is 1.15 bits per heavy atom. The number of esters is 1. The van der Waals surface area contributed by atoms with E-state index in [0.29, 0.717) is 16.3 Å². The molecular weight excluding hydrogens is 364 g/mol. The fourth-order valence-corrected chi connectivity index (χ4v) is 3.23. The second-order valence-corrected chi connectivity index (χ2v) is 6.84. The number of benzene rings is 1. The molecule has 0 aliphatic rings. The summed E-state index contributed by atoms with van der Waals surface area (Å²) in [6.07, 6.45) is 1.65. The van der Waals surface area contributed by atoms with E-state index in [9.17, 15) is 4.79 Å². The topological polar surface area (TPSA) is 74.5 Å². The molecule has 2 aromatic heterocycles. The minimum Gasteiger partial charge on any atom is -0.490 e. The summed E-state index contributed by atoms with van der Waals surface area (Å²) in [7, 11) is 0. The van der Waals surface area contributed by atoms with E-state index in [1.807, 2.05) is 44.2 Å². The van der Waals surface area contributed by atoms with E-state index in [1.165, 1.54) is 11.8 Å². The van der Waals surface area contributed by atoms with Gasteiger partial charge in [-0.05, 0) is 43.7 Å². The third-order valence-corrected chi connectivity index (χ3v) is 4.64. The van der Waals surface area contributed by atoms with E-state index in [1.54, 1.807) is 18.3 Å². The molecule has 0 saturated carbocycles. The van der Waals surface area contributed by atoms with Gasteiger partial charge in [0.25, 0.3) is 0 Å². The highest BCUT2D eigenvalue weighted by molar-refractivity contribution is 7.98. The van der Waals surface area contributed by atoms with Crippen LogP contribution in [0.15, 0.2) is 58.2 Å². The normalized spacial score (nSPS) is 10.6. The van der Waals surface area contributed by atoms with Crippen molar-refractivity contribution >= 4 is 17.7 Å². The first kappa shape index (κ1) is 19.0. The van der Waals surface area contributed by atoms with E-state index in [0.717, 1.165) is 22.8 Å². The molecule has 0 bridgehead atoms. The number of rotatable bonds is 8. The minimum absolute atomic E-state index is 0.161. The molecule has 7 heteroatoms. The van der Waals surface area contributed by atoms with E-state index >= 15 is 0 Å². The summed E-state index contributed by atoms with van der Waals surface area (Å²) in [5.41, 5.74) is 2.34. The number of thioether (sulfide) groups is 1. The van der Waals surface area contributed by atoms with Gasteiger partial charge in [-0.3, -0.25) is 0 Å². The largest absolute Gasteiger partial charge is 0.490 e. The zero-order valence-corrected chi connectivity index (χ0v) is 16.0. The number of carbonyl (C=O) groups excluding carboxylic acids is 1. The molecule has 0 N–H and O–H groups in total. The first-order valence-corrected chi connectivity index (χ1v) is 9.47. The van der Waals surface area contributed by atoms with Gasteiger partial charge in [0.2, 0.25) is 0 Å². The lowest BCUT2D eigenvalue weighted by atomic mass is 10.2. The Balaban J connectivity index is 1.51. The predicted molar refractivity (Wildman–Crippen MR) is 102 cm³/mol. The highest BCUT2D eigenvalue weighted by Crippen LogP contribution is 2.24. The van der Waals surface area contributed by atoms with Crippen molar-refractivity contribution in [2.24, 2.45) is 0 Å². The Kier molecular flexibility index (Phi) is 6.49. The van der Waals surface area contributed by atoms with Crippen LogP contribution in [0.25, 0.3) is 0 Å². The summed E-state index contributed by atoms with van der Waals surface area (Å²) in [5, 5.41) is 4.54. The van der Waals surface area contributed by atoms with Crippen LogP contribution in [0.2, 0.25) is 0 Å². The summed E-state index contributed by atoms with van der Waals surface area (Å²) in [5.74, 6) is 1.65. The molecule has 0 aliphatic heterocycles. The lowest BCUT2D eigenvalue weighted by molar-refractivity contribution is 0.0445. The first-order valence-electron chi connectivity index (χ1n) is 8.48. The van der Waals surface area contributed by atoms with Crippen molar-refractivity contribution in [1.82, 2.24) is 10.1 Å². The van der Waals surface area contributed by atoms with Crippen molar-refractivity contribution in [2.75, 3.05) is 13.2 Å². The highest BCUT2D eigenvalue weighted by atomic mass is 32.2. The molecule has 2 heterocycles. The van der Waals surface area contributed by atoms with Crippen LogP contribution in [0.5, 0.6) is 5.75 Å². The maximum atomic E-state index is 12.4. The molecule has 0 atom stereocenters. The maximum absolute atomic E-state index is 12.4. The lowest BCUT2D eigenvalue weighted by Gasteiger charge is -2.09. The van der Waals surface area contributed by atoms with E-state index < -0.39 is 5.97 Å². The van der Waals surface area contributed by atoms with Crippen molar-refractivity contribution in [3.05, 3.63) is 71.2 Å². The van der Waals surface area contributed by atoms with Gasteiger partial charge in [0.05, 0.1) is 11.3 Å². The average Bonchev–Trinajstić information content (AvgIpc) is 3.09. The Morgan fingerprint density at radius 3 is 2.81 bits per heavy atom.